The normalized spacial score (nSPS) is 31.9. The SMILES string of the molecule is COC(=O)c1ccc(OC2=COC3C(CCC4OCN(C5CC(C)(C)NC(C)(C)C5)CC43)C2=O)cc1. The van der Waals surface area contributed by atoms with Crippen LogP contribution in [0.15, 0.2) is 36.3 Å². The Kier molecular flexibility index (Phi) is 6.64. The molecule has 4 unspecified atom stereocenters. The molecule has 1 saturated carbocycles. The summed E-state index contributed by atoms with van der Waals surface area (Å²) in [7, 11) is 1.34. The van der Waals surface area contributed by atoms with Gasteiger partial charge in [0, 0.05) is 29.6 Å². The van der Waals surface area contributed by atoms with Crippen molar-refractivity contribution in [1.82, 2.24) is 10.2 Å². The number of hydrogen-bond acceptors (Lipinski definition) is 8. The van der Waals surface area contributed by atoms with E-state index in [0.717, 1.165) is 32.2 Å². The van der Waals surface area contributed by atoms with Crippen molar-refractivity contribution >= 4 is 11.8 Å². The molecule has 4 atom stereocenters. The second-order valence-electron chi connectivity index (χ2n) is 12.0. The van der Waals surface area contributed by atoms with Crippen molar-refractivity contribution in [1.29, 1.82) is 0 Å². The lowest BCUT2D eigenvalue weighted by Gasteiger charge is -2.53. The number of esters is 1. The first kappa shape index (κ1) is 25.2. The summed E-state index contributed by atoms with van der Waals surface area (Å²) in [6.07, 6.45) is 5.04. The molecule has 4 aliphatic rings. The molecule has 0 radical (unpaired) electrons. The summed E-state index contributed by atoms with van der Waals surface area (Å²) in [5.74, 6) is 0.128. The number of piperidine rings is 1. The van der Waals surface area contributed by atoms with Crippen molar-refractivity contribution in [2.75, 3.05) is 20.4 Å². The zero-order valence-corrected chi connectivity index (χ0v) is 21.9. The lowest BCUT2D eigenvalue weighted by Crippen LogP contribution is -2.65. The van der Waals surface area contributed by atoms with Crippen LogP contribution >= 0.6 is 0 Å². The van der Waals surface area contributed by atoms with Crippen LogP contribution in [0.4, 0.5) is 0 Å². The number of ether oxygens (including phenoxy) is 4. The Hall–Kier alpha value is -2.42. The van der Waals surface area contributed by atoms with Gasteiger partial charge in [0.25, 0.3) is 0 Å². The number of carbonyl (C=O) groups excluding carboxylic acids is 2. The fourth-order valence-corrected chi connectivity index (χ4v) is 6.79. The van der Waals surface area contributed by atoms with Crippen LogP contribution in [0.5, 0.6) is 5.75 Å². The first-order chi connectivity index (χ1) is 17.0. The van der Waals surface area contributed by atoms with Crippen LogP contribution in [0.2, 0.25) is 0 Å². The number of carbonyl (C=O) groups is 2. The van der Waals surface area contributed by atoms with E-state index in [9.17, 15) is 9.59 Å². The van der Waals surface area contributed by atoms with Gasteiger partial charge in [-0.2, -0.15) is 0 Å². The molecule has 3 aliphatic heterocycles. The van der Waals surface area contributed by atoms with Crippen LogP contribution in [0, 0.1) is 11.8 Å². The standard InChI is InChI=1S/C28H38N2O6/c1-27(2)12-18(13-28(3,4)29-27)30-14-21-22(35-16-30)11-10-20-24(31)23(15-34-25(20)21)36-19-8-6-17(7-9-19)26(32)33-5/h6-9,15,18,20-22,25,29H,10-14,16H2,1-5H3. The minimum Gasteiger partial charge on any atom is -0.493 e. The summed E-state index contributed by atoms with van der Waals surface area (Å²) in [4.78, 5) is 27.5. The van der Waals surface area contributed by atoms with E-state index in [1.807, 2.05) is 0 Å². The number of nitrogens with zero attached hydrogens (tertiary/aromatic N) is 1. The van der Waals surface area contributed by atoms with Crippen molar-refractivity contribution in [2.45, 2.75) is 82.7 Å². The molecular formula is C28H38N2O6. The van der Waals surface area contributed by atoms with Gasteiger partial charge in [0.1, 0.15) is 18.1 Å². The first-order valence-corrected chi connectivity index (χ1v) is 13.0. The summed E-state index contributed by atoms with van der Waals surface area (Å²) in [5.41, 5.74) is 0.533. The second-order valence-corrected chi connectivity index (χ2v) is 12.0. The van der Waals surface area contributed by atoms with Crippen molar-refractivity contribution in [2.24, 2.45) is 11.8 Å². The van der Waals surface area contributed by atoms with Gasteiger partial charge in [-0.15, -0.1) is 0 Å². The highest BCUT2D eigenvalue weighted by Gasteiger charge is 2.51. The van der Waals surface area contributed by atoms with Gasteiger partial charge in [0.2, 0.25) is 11.5 Å². The zero-order valence-electron chi connectivity index (χ0n) is 21.9. The van der Waals surface area contributed by atoms with E-state index in [2.05, 4.69) is 37.9 Å². The van der Waals surface area contributed by atoms with Crippen molar-refractivity contribution in [3.05, 3.63) is 41.9 Å². The van der Waals surface area contributed by atoms with E-state index in [1.165, 1.54) is 13.4 Å². The minimum atomic E-state index is -0.419. The third kappa shape index (κ3) is 5.04. The number of fused-ring (bicyclic) bond motifs is 3. The molecule has 0 bridgehead atoms. The molecule has 1 aromatic carbocycles. The highest BCUT2D eigenvalue weighted by molar-refractivity contribution is 5.96. The van der Waals surface area contributed by atoms with E-state index in [4.69, 9.17) is 18.9 Å². The van der Waals surface area contributed by atoms with E-state index in [-0.39, 0.29) is 46.7 Å². The van der Waals surface area contributed by atoms with E-state index in [1.54, 1.807) is 24.3 Å². The maximum absolute atomic E-state index is 13.4. The zero-order chi connectivity index (χ0) is 25.7. The fourth-order valence-electron chi connectivity index (χ4n) is 6.79. The Morgan fingerprint density at radius 1 is 1.08 bits per heavy atom. The van der Waals surface area contributed by atoms with E-state index in [0.29, 0.717) is 24.1 Å². The molecular weight excluding hydrogens is 460 g/mol. The molecule has 196 valence electrons. The number of ketones is 1. The number of nitrogens with one attached hydrogen (secondary N) is 1. The van der Waals surface area contributed by atoms with Gasteiger partial charge in [-0.25, -0.2) is 4.79 Å². The predicted molar refractivity (Wildman–Crippen MR) is 133 cm³/mol. The molecule has 3 fully saturated rings. The van der Waals surface area contributed by atoms with Crippen molar-refractivity contribution in [3.63, 3.8) is 0 Å². The summed E-state index contributed by atoms with van der Waals surface area (Å²) in [6, 6.07) is 6.94. The minimum absolute atomic E-state index is 0.0250. The van der Waals surface area contributed by atoms with Gasteiger partial charge in [-0.1, -0.05) is 0 Å². The molecule has 1 aromatic rings. The van der Waals surface area contributed by atoms with Gasteiger partial charge < -0.3 is 24.3 Å². The molecule has 8 heteroatoms. The third-order valence-electron chi connectivity index (χ3n) is 8.06. The molecule has 1 N–H and O–H groups in total. The second kappa shape index (κ2) is 9.47. The lowest BCUT2D eigenvalue weighted by molar-refractivity contribution is -0.184. The quantitative estimate of drug-likeness (QED) is 0.630. The molecule has 36 heavy (non-hydrogen) atoms. The molecule has 0 aromatic heterocycles. The number of benzene rings is 1. The molecule has 2 saturated heterocycles. The maximum atomic E-state index is 13.4. The van der Waals surface area contributed by atoms with Crippen molar-refractivity contribution < 1.29 is 28.5 Å². The van der Waals surface area contributed by atoms with Crippen LogP contribution in [0.1, 0.15) is 63.7 Å². The predicted octanol–water partition coefficient (Wildman–Crippen LogP) is 3.66. The highest BCUT2D eigenvalue weighted by Crippen LogP contribution is 2.42. The Balaban J connectivity index is 1.28. The Bertz CT molecular complexity index is 1020. The number of hydrogen-bond donors (Lipinski definition) is 1. The Morgan fingerprint density at radius 3 is 2.44 bits per heavy atom. The Labute approximate surface area is 213 Å². The smallest absolute Gasteiger partial charge is 0.337 e. The van der Waals surface area contributed by atoms with Crippen LogP contribution in [0.3, 0.4) is 0 Å². The van der Waals surface area contributed by atoms with Gasteiger partial charge in [-0.3, -0.25) is 9.69 Å². The van der Waals surface area contributed by atoms with Crippen LogP contribution in [0.25, 0.3) is 0 Å². The van der Waals surface area contributed by atoms with Crippen molar-refractivity contribution in [3.8, 4) is 5.75 Å². The van der Waals surface area contributed by atoms with Gasteiger partial charge in [-0.05, 0) is 77.6 Å². The van der Waals surface area contributed by atoms with E-state index >= 15 is 0 Å². The number of allylic oxidation sites excluding steroid dienone is 1. The number of methoxy groups -OCH3 is 1. The maximum Gasteiger partial charge on any atom is 0.337 e. The highest BCUT2D eigenvalue weighted by atomic mass is 16.5. The number of Topliss-reactive ketones (excluding diaryl/α,β-unsaturated/α-hetero) is 1. The average Bonchev–Trinajstić information content (AvgIpc) is 2.83. The monoisotopic (exact) mass is 498 g/mol. The van der Waals surface area contributed by atoms with Crippen LogP contribution < -0.4 is 10.1 Å². The van der Waals surface area contributed by atoms with Gasteiger partial charge >= 0.3 is 5.97 Å². The van der Waals surface area contributed by atoms with Crippen LogP contribution in [-0.2, 0) is 19.0 Å². The lowest BCUT2D eigenvalue weighted by atomic mass is 9.72. The summed E-state index contributed by atoms with van der Waals surface area (Å²) in [5, 5.41) is 3.76. The first-order valence-electron chi connectivity index (χ1n) is 13.0. The molecule has 0 amide bonds. The summed E-state index contributed by atoms with van der Waals surface area (Å²) < 4.78 is 23.2. The molecule has 5 rings (SSSR count). The molecule has 8 nitrogen and oxygen atoms in total. The Morgan fingerprint density at radius 2 is 1.78 bits per heavy atom. The largest absolute Gasteiger partial charge is 0.493 e. The van der Waals surface area contributed by atoms with Crippen LogP contribution in [-0.4, -0.2) is 66.4 Å². The average molecular weight is 499 g/mol. The summed E-state index contributed by atoms with van der Waals surface area (Å²) >= 11 is 0. The number of rotatable bonds is 4. The third-order valence-corrected chi connectivity index (χ3v) is 8.06. The molecule has 1 aliphatic carbocycles. The topological polar surface area (TPSA) is 86.3 Å². The fraction of sp³-hybridized carbons (Fsp3) is 0.643. The summed E-state index contributed by atoms with van der Waals surface area (Å²) in [6.45, 7) is 10.6. The van der Waals surface area contributed by atoms with Gasteiger partial charge in [0.15, 0.2) is 0 Å². The molecule has 0 spiro atoms. The van der Waals surface area contributed by atoms with Gasteiger partial charge in [0.05, 0.1) is 31.4 Å². The van der Waals surface area contributed by atoms with E-state index < -0.39 is 5.97 Å². The molecule has 3 heterocycles.